The first-order valence-corrected chi connectivity index (χ1v) is 6.36. The Bertz CT molecular complexity index is 473. The largest absolute Gasteiger partial charge is 0.497 e. The summed E-state index contributed by atoms with van der Waals surface area (Å²) in [6.07, 6.45) is -2.08. The van der Waals surface area contributed by atoms with Gasteiger partial charge in [0, 0.05) is 0 Å². The molecule has 0 saturated heterocycles. The van der Waals surface area contributed by atoms with Gasteiger partial charge in [-0.3, -0.25) is 0 Å². The van der Waals surface area contributed by atoms with Crippen LogP contribution in [0.4, 0.5) is 4.79 Å². The quantitative estimate of drug-likeness (QED) is 0.761. The molecule has 0 aliphatic rings. The molecule has 0 aromatic heterocycles. The second-order valence-electron chi connectivity index (χ2n) is 4.08. The van der Waals surface area contributed by atoms with Gasteiger partial charge < -0.3 is 24.6 Å². The maximum Gasteiger partial charge on any atom is 0.407 e. The summed E-state index contributed by atoms with van der Waals surface area (Å²) in [6.45, 7) is 1.78. The van der Waals surface area contributed by atoms with Crippen LogP contribution in [0, 0.1) is 0 Å². The van der Waals surface area contributed by atoms with Crippen molar-refractivity contribution in [2.75, 3.05) is 20.8 Å². The molecule has 116 valence electrons. The van der Waals surface area contributed by atoms with Gasteiger partial charge in [-0.25, -0.2) is 9.59 Å². The summed E-state index contributed by atoms with van der Waals surface area (Å²) < 4.78 is 14.3. The number of aliphatic hydroxyl groups is 1. The molecule has 1 aromatic rings. The number of nitrogens with one attached hydrogen (secondary N) is 1. The average molecular weight is 297 g/mol. The van der Waals surface area contributed by atoms with Crippen LogP contribution in [0.1, 0.15) is 18.6 Å². The molecular formula is C14H19NO6. The first kappa shape index (κ1) is 16.8. The van der Waals surface area contributed by atoms with Crippen LogP contribution in [-0.4, -0.2) is 44.0 Å². The van der Waals surface area contributed by atoms with E-state index in [4.69, 9.17) is 9.47 Å². The Labute approximate surface area is 122 Å². The fourth-order valence-corrected chi connectivity index (χ4v) is 1.69. The lowest BCUT2D eigenvalue weighted by molar-refractivity contribution is -0.146. The fourth-order valence-electron chi connectivity index (χ4n) is 1.69. The number of carbonyl (C=O) groups excluding carboxylic acids is 2. The highest BCUT2D eigenvalue weighted by Gasteiger charge is 2.31. The van der Waals surface area contributed by atoms with Crippen molar-refractivity contribution in [1.82, 2.24) is 5.32 Å². The molecule has 0 saturated carbocycles. The summed E-state index contributed by atoms with van der Waals surface area (Å²) in [5.74, 6) is -0.162. The maximum atomic E-state index is 11.7. The Hall–Kier alpha value is -2.28. The molecule has 0 fully saturated rings. The SMILES string of the molecule is CCOC(=O)NC(C(=O)OC)C(O)c1ccc(OC)cc1. The minimum atomic E-state index is -1.27. The Kier molecular flexibility index (Phi) is 6.48. The van der Waals surface area contributed by atoms with E-state index in [9.17, 15) is 14.7 Å². The molecule has 1 rings (SSSR count). The summed E-state index contributed by atoms with van der Waals surface area (Å²) >= 11 is 0. The number of hydrogen-bond acceptors (Lipinski definition) is 6. The van der Waals surface area contributed by atoms with E-state index in [1.807, 2.05) is 0 Å². The van der Waals surface area contributed by atoms with E-state index in [0.717, 1.165) is 0 Å². The number of rotatable bonds is 6. The molecule has 0 radical (unpaired) electrons. The lowest BCUT2D eigenvalue weighted by atomic mass is 10.0. The molecule has 0 spiro atoms. The Morgan fingerprint density at radius 1 is 1.24 bits per heavy atom. The number of amides is 1. The van der Waals surface area contributed by atoms with Gasteiger partial charge >= 0.3 is 12.1 Å². The topological polar surface area (TPSA) is 94.1 Å². The van der Waals surface area contributed by atoms with Crippen molar-refractivity contribution in [3.8, 4) is 5.75 Å². The van der Waals surface area contributed by atoms with Crippen LogP contribution in [-0.2, 0) is 14.3 Å². The summed E-state index contributed by atoms with van der Waals surface area (Å²) in [7, 11) is 2.69. The summed E-state index contributed by atoms with van der Waals surface area (Å²) in [5, 5.41) is 12.5. The molecule has 1 aromatic carbocycles. The molecule has 21 heavy (non-hydrogen) atoms. The predicted molar refractivity (Wildman–Crippen MR) is 73.9 cm³/mol. The Balaban J connectivity index is 2.90. The molecule has 0 bridgehead atoms. The van der Waals surface area contributed by atoms with E-state index < -0.39 is 24.2 Å². The molecular weight excluding hydrogens is 278 g/mol. The van der Waals surface area contributed by atoms with Crippen molar-refractivity contribution in [3.63, 3.8) is 0 Å². The van der Waals surface area contributed by atoms with Gasteiger partial charge in [-0.15, -0.1) is 0 Å². The summed E-state index contributed by atoms with van der Waals surface area (Å²) in [5.41, 5.74) is 0.433. The van der Waals surface area contributed by atoms with Gasteiger partial charge in [0.2, 0.25) is 0 Å². The number of methoxy groups -OCH3 is 2. The predicted octanol–water partition coefficient (Wildman–Crippen LogP) is 1.02. The zero-order valence-electron chi connectivity index (χ0n) is 12.2. The van der Waals surface area contributed by atoms with Crippen molar-refractivity contribution in [3.05, 3.63) is 29.8 Å². The highest BCUT2D eigenvalue weighted by atomic mass is 16.6. The monoisotopic (exact) mass is 297 g/mol. The van der Waals surface area contributed by atoms with Crippen LogP contribution in [0.5, 0.6) is 5.75 Å². The number of alkyl carbamates (subject to hydrolysis) is 1. The van der Waals surface area contributed by atoms with Gasteiger partial charge in [0.1, 0.15) is 11.9 Å². The molecule has 2 atom stereocenters. The number of carbonyl (C=O) groups is 2. The average Bonchev–Trinajstić information content (AvgIpc) is 2.51. The van der Waals surface area contributed by atoms with E-state index in [2.05, 4.69) is 10.1 Å². The number of esters is 1. The van der Waals surface area contributed by atoms with Gasteiger partial charge in [0.05, 0.1) is 20.8 Å². The molecule has 7 heteroatoms. The fraction of sp³-hybridized carbons (Fsp3) is 0.429. The van der Waals surface area contributed by atoms with Crippen molar-refractivity contribution in [2.45, 2.75) is 19.1 Å². The van der Waals surface area contributed by atoms with Crippen LogP contribution in [0.2, 0.25) is 0 Å². The standard InChI is InChI=1S/C14H19NO6/c1-4-21-14(18)15-11(13(17)20-3)12(16)9-5-7-10(19-2)8-6-9/h5-8,11-12,16H,4H2,1-3H3,(H,15,18). The van der Waals surface area contributed by atoms with Crippen LogP contribution in [0.15, 0.2) is 24.3 Å². The van der Waals surface area contributed by atoms with Crippen molar-refractivity contribution < 1.29 is 28.9 Å². The van der Waals surface area contributed by atoms with Crippen LogP contribution < -0.4 is 10.1 Å². The van der Waals surface area contributed by atoms with Gasteiger partial charge in [0.15, 0.2) is 6.04 Å². The second kappa shape index (κ2) is 8.11. The molecule has 7 nitrogen and oxygen atoms in total. The van der Waals surface area contributed by atoms with Crippen molar-refractivity contribution in [2.24, 2.45) is 0 Å². The number of aliphatic hydroxyl groups excluding tert-OH is 1. The number of benzene rings is 1. The van der Waals surface area contributed by atoms with Crippen LogP contribution >= 0.6 is 0 Å². The van der Waals surface area contributed by atoms with Gasteiger partial charge in [-0.2, -0.15) is 0 Å². The Morgan fingerprint density at radius 3 is 2.33 bits per heavy atom. The highest BCUT2D eigenvalue weighted by molar-refractivity contribution is 5.82. The maximum absolute atomic E-state index is 11.7. The van der Waals surface area contributed by atoms with E-state index in [0.29, 0.717) is 11.3 Å². The molecule has 0 heterocycles. The number of hydrogen-bond donors (Lipinski definition) is 2. The Morgan fingerprint density at radius 2 is 1.86 bits per heavy atom. The number of ether oxygens (including phenoxy) is 3. The third-order valence-corrected chi connectivity index (χ3v) is 2.78. The van der Waals surface area contributed by atoms with E-state index in [-0.39, 0.29) is 6.61 Å². The van der Waals surface area contributed by atoms with E-state index in [1.54, 1.807) is 31.2 Å². The molecule has 1 amide bonds. The van der Waals surface area contributed by atoms with Crippen LogP contribution in [0.3, 0.4) is 0 Å². The minimum Gasteiger partial charge on any atom is -0.497 e. The normalized spacial score (nSPS) is 13.0. The second-order valence-corrected chi connectivity index (χ2v) is 4.08. The zero-order valence-corrected chi connectivity index (χ0v) is 12.2. The third-order valence-electron chi connectivity index (χ3n) is 2.78. The van der Waals surface area contributed by atoms with Gasteiger partial charge in [-0.1, -0.05) is 12.1 Å². The van der Waals surface area contributed by atoms with E-state index in [1.165, 1.54) is 14.2 Å². The summed E-state index contributed by atoms with van der Waals surface area (Å²) in [4.78, 5) is 23.2. The molecule has 0 aliphatic heterocycles. The smallest absolute Gasteiger partial charge is 0.407 e. The molecule has 0 aliphatic carbocycles. The zero-order chi connectivity index (χ0) is 15.8. The first-order chi connectivity index (χ1) is 10.0. The minimum absolute atomic E-state index is 0.151. The lowest BCUT2D eigenvalue weighted by Gasteiger charge is -2.22. The van der Waals surface area contributed by atoms with Crippen molar-refractivity contribution >= 4 is 12.1 Å². The van der Waals surface area contributed by atoms with Crippen molar-refractivity contribution in [1.29, 1.82) is 0 Å². The summed E-state index contributed by atoms with van der Waals surface area (Å²) in [6, 6.07) is 5.19. The van der Waals surface area contributed by atoms with Gasteiger partial charge in [0.25, 0.3) is 0 Å². The first-order valence-electron chi connectivity index (χ1n) is 6.36. The van der Waals surface area contributed by atoms with E-state index >= 15 is 0 Å². The van der Waals surface area contributed by atoms with Gasteiger partial charge in [-0.05, 0) is 24.6 Å². The molecule has 2 N–H and O–H groups in total. The molecule has 2 unspecified atom stereocenters. The highest BCUT2D eigenvalue weighted by Crippen LogP contribution is 2.21. The third kappa shape index (κ3) is 4.64. The lowest BCUT2D eigenvalue weighted by Crippen LogP contribution is -2.45. The van der Waals surface area contributed by atoms with Crippen LogP contribution in [0.25, 0.3) is 0 Å².